The zero-order valence-electron chi connectivity index (χ0n) is 14.3. The van der Waals surface area contributed by atoms with E-state index in [2.05, 4.69) is 10.9 Å². The molecule has 8 nitrogen and oxygen atoms in total. The number of hydrazine groups is 1. The van der Waals surface area contributed by atoms with Crippen molar-refractivity contribution in [2.75, 3.05) is 25.2 Å². The number of nitrogens with one attached hydrogen (secondary N) is 2. The van der Waals surface area contributed by atoms with Crippen LogP contribution in [0.2, 0.25) is 0 Å². The molecule has 1 rings (SSSR count). The van der Waals surface area contributed by atoms with E-state index in [9.17, 15) is 14.4 Å². The van der Waals surface area contributed by atoms with E-state index in [1.165, 1.54) is 24.9 Å². The zero-order chi connectivity index (χ0) is 18.7. The average molecular weight is 369 g/mol. The minimum Gasteiger partial charge on any atom is -0.493 e. The summed E-state index contributed by atoms with van der Waals surface area (Å²) < 4.78 is 10.7. The van der Waals surface area contributed by atoms with Gasteiger partial charge < -0.3 is 15.2 Å². The van der Waals surface area contributed by atoms with Crippen LogP contribution in [0, 0.1) is 0 Å². The summed E-state index contributed by atoms with van der Waals surface area (Å²) in [5.74, 6) is 0.317. The van der Waals surface area contributed by atoms with Crippen molar-refractivity contribution in [2.24, 2.45) is 5.73 Å². The molecule has 25 heavy (non-hydrogen) atoms. The third-order valence-corrected chi connectivity index (χ3v) is 3.90. The standard InChI is InChI=1S/C16H23N3O5S/c1-3-7-24-12-5-4-11(9-13(12)23-2)16(22)19-18-15(21)6-8-25-10-14(17)20/h4-5,9H,3,6-8,10H2,1-2H3,(H2,17,20)(H,18,21)(H,19,22). The normalized spacial score (nSPS) is 10.0. The van der Waals surface area contributed by atoms with E-state index in [1.54, 1.807) is 12.1 Å². The van der Waals surface area contributed by atoms with E-state index >= 15 is 0 Å². The maximum atomic E-state index is 12.1. The van der Waals surface area contributed by atoms with Crippen molar-refractivity contribution >= 4 is 29.5 Å². The lowest BCUT2D eigenvalue weighted by molar-refractivity contribution is -0.121. The molecule has 0 atom stereocenters. The van der Waals surface area contributed by atoms with Crippen molar-refractivity contribution in [2.45, 2.75) is 19.8 Å². The Hall–Kier alpha value is -2.42. The number of hydrogen-bond acceptors (Lipinski definition) is 6. The van der Waals surface area contributed by atoms with Crippen LogP contribution in [0.4, 0.5) is 0 Å². The number of benzene rings is 1. The van der Waals surface area contributed by atoms with Gasteiger partial charge in [0.2, 0.25) is 11.8 Å². The minimum atomic E-state index is -0.474. The molecule has 0 aliphatic carbocycles. The molecule has 0 bridgehead atoms. The maximum Gasteiger partial charge on any atom is 0.269 e. The third-order valence-electron chi connectivity index (χ3n) is 2.92. The number of amides is 3. The predicted molar refractivity (Wildman–Crippen MR) is 95.5 cm³/mol. The fourth-order valence-corrected chi connectivity index (χ4v) is 2.41. The summed E-state index contributed by atoms with van der Waals surface area (Å²) in [5.41, 5.74) is 9.96. The highest BCUT2D eigenvalue weighted by Crippen LogP contribution is 2.28. The van der Waals surface area contributed by atoms with Crippen molar-refractivity contribution in [3.8, 4) is 11.5 Å². The molecule has 3 amide bonds. The van der Waals surface area contributed by atoms with E-state index < -0.39 is 11.8 Å². The summed E-state index contributed by atoms with van der Waals surface area (Å²) in [6, 6.07) is 4.76. The molecule has 0 aromatic heterocycles. The molecule has 138 valence electrons. The fourth-order valence-electron chi connectivity index (χ4n) is 1.74. The Morgan fingerprint density at radius 2 is 1.96 bits per heavy atom. The molecule has 0 unspecified atom stereocenters. The molecule has 0 aliphatic rings. The summed E-state index contributed by atoms with van der Waals surface area (Å²) in [6.45, 7) is 2.54. The van der Waals surface area contributed by atoms with Gasteiger partial charge in [-0.15, -0.1) is 0 Å². The molecule has 0 aliphatic heterocycles. The monoisotopic (exact) mass is 369 g/mol. The number of carbonyl (C=O) groups excluding carboxylic acids is 3. The Labute approximate surface area is 150 Å². The van der Waals surface area contributed by atoms with Crippen molar-refractivity contribution in [1.82, 2.24) is 10.9 Å². The van der Waals surface area contributed by atoms with Gasteiger partial charge in [-0.2, -0.15) is 11.8 Å². The second kappa shape index (κ2) is 11.2. The first-order valence-electron chi connectivity index (χ1n) is 7.74. The molecule has 9 heteroatoms. The van der Waals surface area contributed by atoms with Gasteiger partial charge >= 0.3 is 0 Å². The van der Waals surface area contributed by atoms with Crippen LogP contribution in [0.25, 0.3) is 0 Å². The maximum absolute atomic E-state index is 12.1. The third kappa shape index (κ3) is 7.79. The van der Waals surface area contributed by atoms with Crippen molar-refractivity contribution in [3.63, 3.8) is 0 Å². The number of nitrogens with two attached hydrogens (primary N) is 1. The summed E-state index contributed by atoms with van der Waals surface area (Å²) in [7, 11) is 1.49. The van der Waals surface area contributed by atoms with Gasteiger partial charge in [0.05, 0.1) is 19.5 Å². The number of ether oxygens (including phenoxy) is 2. The molecule has 0 fully saturated rings. The Balaban J connectivity index is 2.48. The van der Waals surface area contributed by atoms with Gasteiger partial charge in [0, 0.05) is 17.7 Å². The first-order chi connectivity index (χ1) is 12.0. The number of methoxy groups -OCH3 is 1. The molecule has 4 N–H and O–H groups in total. The predicted octanol–water partition coefficient (Wildman–Crippen LogP) is 0.854. The molecule has 1 aromatic rings. The number of carbonyl (C=O) groups is 3. The van der Waals surface area contributed by atoms with E-state index in [0.717, 1.165) is 6.42 Å². The van der Waals surface area contributed by atoms with Crippen LogP contribution < -0.4 is 26.1 Å². The topological polar surface area (TPSA) is 120 Å². The number of rotatable bonds is 10. The van der Waals surface area contributed by atoms with Gasteiger partial charge in [-0.3, -0.25) is 25.2 Å². The first kappa shape index (κ1) is 20.6. The Kier molecular flexibility index (Phi) is 9.23. The molecule has 0 radical (unpaired) electrons. The summed E-state index contributed by atoms with van der Waals surface area (Å²) >= 11 is 1.25. The highest BCUT2D eigenvalue weighted by molar-refractivity contribution is 7.99. The van der Waals surface area contributed by atoms with Crippen molar-refractivity contribution in [1.29, 1.82) is 0 Å². The van der Waals surface area contributed by atoms with Crippen LogP contribution >= 0.6 is 11.8 Å². The lowest BCUT2D eigenvalue weighted by atomic mass is 10.2. The second-order valence-electron chi connectivity index (χ2n) is 4.99. The Morgan fingerprint density at radius 3 is 2.60 bits per heavy atom. The van der Waals surface area contributed by atoms with E-state index in [1.807, 2.05) is 6.92 Å². The molecule has 1 aromatic carbocycles. The molecule has 0 spiro atoms. The van der Waals surface area contributed by atoms with Crippen LogP contribution in [-0.4, -0.2) is 42.9 Å². The van der Waals surface area contributed by atoms with Gasteiger partial charge in [-0.05, 0) is 24.6 Å². The summed E-state index contributed by atoms with van der Waals surface area (Å²) in [6.07, 6.45) is 1.01. The number of primary amides is 1. The number of thioether (sulfide) groups is 1. The summed E-state index contributed by atoms with van der Waals surface area (Å²) in [5, 5.41) is 0. The van der Waals surface area contributed by atoms with Crippen molar-refractivity contribution in [3.05, 3.63) is 23.8 Å². The molecule has 0 heterocycles. The average Bonchev–Trinajstić information content (AvgIpc) is 2.61. The Bertz CT molecular complexity index is 609. The smallest absolute Gasteiger partial charge is 0.269 e. The molecular formula is C16H23N3O5S. The van der Waals surface area contributed by atoms with Crippen LogP contribution in [0.5, 0.6) is 11.5 Å². The van der Waals surface area contributed by atoms with E-state index in [0.29, 0.717) is 29.4 Å². The van der Waals surface area contributed by atoms with Gasteiger partial charge in [0.25, 0.3) is 5.91 Å². The van der Waals surface area contributed by atoms with Crippen LogP contribution in [-0.2, 0) is 9.59 Å². The Morgan fingerprint density at radius 1 is 1.20 bits per heavy atom. The quantitative estimate of drug-likeness (QED) is 0.415. The lowest BCUT2D eigenvalue weighted by Gasteiger charge is -2.12. The molecule has 0 saturated carbocycles. The zero-order valence-corrected chi connectivity index (χ0v) is 15.1. The van der Waals surface area contributed by atoms with Crippen LogP contribution in [0.3, 0.4) is 0 Å². The first-order valence-corrected chi connectivity index (χ1v) is 8.89. The van der Waals surface area contributed by atoms with E-state index in [4.69, 9.17) is 15.2 Å². The largest absolute Gasteiger partial charge is 0.493 e. The van der Waals surface area contributed by atoms with Gasteiger partial charge in [0.15, 0.2) is 11.5 Å². The molecule has 0 saturated heterocycles. The van der Waals surface area contributed by atoms with Gasteiger partial charge in [0.1, 0.15) is 0 Å². The number of hydrogen-bond donors (Lipinski definition) is 3. The summed E-state index contributed by atoms with van der Waals surface area (Å²) in [4.78, 5) is 34.3. The second-order valence-corrected chi connectivity index (χ2v) is 6.09. The minimum absolute atomic E-state index is 0.158. The fraction of sp³-hybridized carbons (Fsp3) is 0.438. The van der Waals surface area contributed by atoms with Crippen molar-refractivity contribution < 1.29 is 23.9 Å². The van der Waals surface area contributed by atoms with Gasteiger partial charge in [-0.25, -0.2) is 0 Å². The SMILES string of the molecule is CCCOc1ccc(C(=O)NNC(=O)CCSCC(N)=O)cc1OC. The highest BCUT2D eigenvalue weighted by Gasteiger charge is 2.12. The van der Waals surface area contributed by atoms with Crippen LogP contribution in [0.1, 0.15) is 30.1 Å². The van der Waals surface area contributed by atoms with Gasteiger partial charge in [-0.1, -0.05) is 6.92 Å². The van der Waals surface area contributed by atoms with Crippen LogP contribution in [0.15, 0.2) is 18.2 Å². The highest BCUT2D eigenvalue weighted by atomic mass is 32.2. The molecular weight excluding hydrogens is 346 g/mol. The van der Waals surface area contributed by atoms with E-state index in [-0.39, 0.29) is 18.1 Å². The lowest BCUT2D eigenvalue weighted by Crippen LogP contribution is -2.41.